The maximum atomic E-state index is 13.1. The molecule has 3 aliphatic rings. The summed E-state index contributed by atoms with van der Waals surface area (Å²) in [5.41, 5.74) is 3.00. The summed E-state index contributed by atoms with van der Waals surface area (Å²) >= 11 is 6.52. The van der Waals surface area contributed by atoms with E-state index in [0.29, 0.717) is 48.4 Å². The zero-order valence-corrected chi connectivity index (χ0v) is 21.1. The average Bonchev–Trinajstić information content (AvgIpc) is 3.47. The predicted octanol–water partition coefficient (Wildman–Crippen LogP) is 3.93. The average molecular weight is 499 g/mol. The van der Waals surface area contributed by atoms with Crippen molar-refractivity contribution in [1.29, 1.82) is 0 Å². The van der Waals surface area contributed by atoms with E-state index in [-0.39, 0.29) is 11.5 Å². The Morgan fingerprint density at radius 3 is 2.49 bits per heavy atom. The maximum Gasteiger partial charge on any atom is 0.220 e. The Balaban J connectivity index is 1.25. The largest absolute Gasteiger partial charge is 0.481 e. The molecule has 2 aromatic carbocycles. The lowest BCUT2D eigenvalue weighted by Crippen LogP contribution is -2.51. The van der Waals surface area contributed by atoms with Gasteiger partial charge >= 0.3 is 0 Å². The number of hydrogen-bond donors (Lipinski definition) is 2. The van der Waals surface area contributed by atoms with Crippen molar-refractivity contribution in [3.05, 3.63) is 64.2 Å². The van der Waals surface area contributed by atoms with Crippen LogP contribution in [-0.4, -0.2) is 60.4 Å². The number of halogens is 1. The van der Waals surface area contributed by atoms with Gasteiger partial charge in [0.05, 0.1) is 24.3 Å². The summed E-state index contributed by atoms with van der Waals surface area (Å²) in [5, 5.41) is 15.0. The van der Waals surface area contributed by atoms with Gasteiger partial charge in [-0.15, -0.1) is 0 Å². The molecule has 2 atom stereocenters. The van der Waals surface area contributed by atoms with E-state index in [9.17, 15) is 9.90 Å². The molecule has 7 heteroatoms. The Morgan fingerprint density at radius 1 is 1.20 bits per heavy atom. The molecule has 6 nitrogen and oxygen atoms in total. The normalized spacial score (nSPS) is 21.2. The molecule has 2 aromatic rings. The second kappa shape index (κ2) is 10.5. The molecular formula is C28H35ClN2O4. The van der Waals surface area contributed by atoms with Crippen LogP contribution in [0.5, 0.6) is 5.75 Å². The Hall–Kier alpha value is -2.12. The molecule has 0 bridgehead atoms. The molecule has 2 saturated heterocycles. The van der Waals surface area contributed by atoms with Gasteiger partial charge < -0.3 is 24.8 Å². The van der Waals surface area contributed by atoms with E-state index in [1.807, 2.05) is 13.0 Å². The number of nitrogens with zero attached hydrogens (tertiary/aromatic N) is 1. The highest BCUT2D eigenvalue weighted by molar-refractivity contribution is 6.32. The molecule has 0 saturated carbocycles. The number of rotatable bonds is 9. The van der Waals surface area contributed by atoms with Crippen LogP contribution in [0.2, 0.25) is 5.02 Å². The number of likely N-dealkylation sites (tertiary alicyclic amines) is 1. The summed E-state index contributed by atoms with van der Waals surface area (Å²) in [6, 6.07) is 13.4. The minimum Gasteiger partial charge on any atom is -0.481 e. The molecule has 2 aliphatic heterocycles. The first-order valence-corrected chi connectivity index (χ1v) is 13.1. The van der Waals surface area contributed by atoms with Gasteiger partial charge in [-0.25, -0.2) is 0 Å². The van der Waals surface area contributed by atoms with Crippen molar-refractivity contribution in [1.82, 2.24) is 10.2 Å². The minimum absolute atomic E-state index is 0.00462. The van der Waals surface area contributed by atoms with Crippen LogP contribution in [0.25, 0.3) is 0 Å². The monoisotopic (exact) mass is 498 g/mol. The zero-order valence-electron chi connectivity index (χ0n) is 20.3. The Labute approximate surface area is 212 Å². The lowest BCUT2D eigenvalue weighted by atomic mass is 9.99. The molecule has 1 aliphatic carbocycles. The molecule has 0 unspecified atom stereocenters. The van der Waals surface area contributed by atoms with Crippen LogP contribution in [0.4, 0.5) is 0 Å². The van der Waals surface area contributed by atoms with Crippen molar-refractivity contribution >= 4 is 17.5 Å². The lowest BCUT2D eigenvalue weighted by Gasteiger charge is -2.38. The van der Waals surface area contributed by atoms with Crippen molar-refractivity contribution in [2.75, 3.05) is 32.8 Å². The van der Waals surface area contributed by atoms with Gasteiger partial charge in [-0.2, -0.15) is 0 Å². The second-order valence-electron chi connectivity index (χ2n) is 10.6. The van der Waals surface area contributed by atoms with Crippen molar-refractivity contribution < 1.29 is 19.4 Å². The number of nitrogens with one attached hydrogen (secondary N) is 1. The third-order valence-electron chi connectivity index (χ3n) is 7.46. The number of ether oxygens (including phenoxy) is 2. The highest BCUT2D eigenvalue weighted by Crippen LogP contribution is 2.34. The summed E-state index contributed by atoms with van der Waals surface area (Å²) in [7, 11) is 0. The van der Waals surface area contributed by atoms with E-state index >= 15 is 0 Å². The molecule has 5 rings (SSSR count). The smallest absolute Gasteiger partial charge is 0.220 e. The molecular weight excluding hydrogens is 464 g/mol. The van der Waals surface area contributed by atoms with Gasteiger partial charge in [0.15, 0.2) is 5.60 Å². The third-order valence-corrected chi connectivity index (χ3v) is 7.75. The van der Waals surface area contributed by atoms with Crippen LogP contribution in [-0.2, 0) is 22.4 Å². The van der Waals surface area contributed by atoms with Gasteiger partial charge in [-0.3, -0.25) is 4.79 Å². The van der Waals surface area contributed by atoms with E-state index in [4.69, 9.17) is 21.1 Å². The van der Waals surface area contributed by atoms with Gasteiger partial charge in [0.25, 0.3) is 0 Å². The van der Waals surface area contributed by atoms with Gasteiger partial charge in [-0.05, 0) is 80.4 Å². The molecule has 188 valence electrons. The quantitative estimate of drug-likeness (QED) is 0.548. The Kier molecular flexibility index (Phi) is 7.35. The molecule has 1 amide bonds. The molecule has 2 fully saturated rings. The first-order valence-electron chi connectivity index (χ1n) is 12.7. The van der Waals surface area contributed by atoms with Crippen molar-refractivity contribution in [2.24, 2.45) is 5.92 Å². The molecule has 0 spiro atoms. The molecule has 35 heavy (non-hydrogen) atoms. The number of fused-ring (bicyclic) bond motifs is 1. The fourth-order valence-electron chi connectivity index (χ4n) is 5.52. The fraction of sp³-hybridized carbons (Fsp3) is 0.536. The topological polar surface area (TPSA) is 71.0 Å². The number of hydrogen-bond acceptors (Lipinski definition) is 5. The number of carbonyl (C=O) groups excluding carboxylic acids is 1. The van der Waals surface area contributed by atoms with E-state index in [1.165, 1.54) is 11.1 Å². The lowest BCUT2D eigenvalue weighted by molar-refractivity contribution is -0.149. The van der Waals surface area contributed by atoms with Gasteiger partial charge in [-0.1, -0.05) is 41.9 Å². The molecule has 2 N–H and O–H groups in total. The van der Waals surface area contributed by atoms with E-state index in [0.717, 1.165) is 38.8 Å². The SMILES string of the molecule is CC1(Oc2ccc([C@@H](O)[C@@H](CN3CCCC3)NC(=O)CC3Cc4ccccc4C3)cc2Cl)COC1. The van der Waals surface area contributed by atoms with Crippen LogP contribution in [0.15, 0.2) is 42.5 Å². The number of carbonyl (C=O) groups is 1. The van der Waals surface area contributed by atoms with E-state index < -0.39 is 12.1 Å². The van der Waals surface area contributed by atoms with Crippen LogP contribution in [0.3, 0.4) is 0 Å². The number of aliphatic hydroxyl groups is 1. The summed E-state index contributed by atoms with van der Waals surface area (Å²) in [5.74, 6) is 0.879. The Bertz CT molecular complexity index is 1030. The van der Waals surface area contributed by atoms with E-state index in [2.05, 4.69) is 34.5 Å². The minimum atomic E-state index is -0.866. The standard InChI is InChI=1S/C28H35ClN2O4/c1-28(17-34-18-28)35-25-9-8-22(15-23(25)29)27(33)24(16-31-10-4-5-11-31)30-26(32)14-19-12-20-6-2-3-7-21(20)13-19/h2-3,6-9,15,19,24,27,33H,4-5,10-14,16-18H2,1H3,(H,30,32)/t24-,27-/m1/s1. The highest BCUT2D eigenvalue weighted by atomic mass is 35.5. The number of benzene rings is 2. The van der Waals surface area contributed by atoms with Crippen molar-refractivity contribution in [2.45, 2.75) is 56.8 Å². The molecule has 0 aromatic heterocycles. The second-order valence-corrected chi connectivity index (χ2v) is 11.0. The third kappa shape index (κ3) is 5.83. The summed E-state index contributed by atoms with van der Waals surface area (Å²) < 4.78 is 11.3. The highest BCUT2D eigenvalue weighted by Gasteiger charge is 2.36. The first-order chi connectivity index (χ1) is 16.9. The van der Waals surface area contributed by atoms with Crippen molar-refractivity contribution in [3.63, 3.8) is 0 Å². The van der Waals surface area contributed by atoms with Crippen molar-refractivity contribution in [3.8, 4) is 5.75 Å². The Morgan fingerprint density at radius 2 is 1.89 bits per heavy atom. The fourth-order valence-corrected chi connectivity index (χ4v) is 5.75. The summed E-state index contributed by atoms with van der Waals surface area (Å²) in [6.07, 6.45) is 3.77. The van der Waals surface area contributed by atoms with Gasteiger partial charge in [0.2, 0.25) is 5.91 Å². The molecule has 0 radical (unpaired) electrons. The summed E-state index contributed by atoms with van der Waals surface area (Å²) in [6.45, 7) is 5.65. The van der Waals surface area contributed by atoms with E-state index in [1.54, 1.807) is 12.1 Å². The van der Waals surface area contributed by atoms with Crippen LogP contribution >= 0.6 is 11.6 Å². The van der Waals surface area contributed by atoms with Crippen LogP contribution < -0.4 is 10.1 Å². The first kappa shape index (κ1) is 24.6. The molecule has 2 heterocycles. The van der Waals surface area contributed by atoms with Crippen LogP contribution in [0, 0.1) is 5.92 Å². The maximum absolute atomic E-state index is 13.1. The van der Waals surface area contributed by atoms with Gasteiger partial charge in [0.1, 0.15) is 11.9 Å². The summed E-state index contributed by atoms with van der Waals surface area (Å²) in [4.78, 5) is 15.4. The predicted molar refractivity (Wildman–Crippen MR) is 136 cm³/mol. The number of amides is 1. The number of aliphatic hydroxyl groups excluding tert-OH is 1. The zero-order chi connectivity index (χ0) is 24.4. The van der Waals surface area contributed by atoms with Gasteiger partial charge in [0, 0.05) is 13.0 Å². The van der Waals surface area contributed by atoms with Crippen LogP contribution in [0.1, 0.15) is 49.0 Å².